The molecule has 3 nitrogen and oxygen atoms in total. The zero-order valence-electron chi connectivity index (χ0n) is 4.00. The Morgan fingerprint density at radius 3 is 2.62 bits per heavy atom. The van der Waals surface area contributed by atoms with Gasteiger partial charge in [-0.15, -0.1) is 0 Å². The number of aliphatic carboxylic acids is 1. The van der Waals surface area contributed by atoms with Crippen LogP contribution in [0.1, 0.15) is 0 Å². The normalized spacial score (nSPS) is 8.50. The van der Waals surface area contributed by atoms with Crippen LogP contribution in [0.15, 0.2) is 18.2 Å². The fraction of sp³-hybridized carbons (Fsp3) is 0. The van der Waals surface area contributed by atoms with E-state index in [0.29, 0.717) is 0 Å². The molecule has 0 rings (SSSR count). The van der Waals surface area contributed by atoms with Gasteiger partial charge in [-0.05, 0) is 6.08 Å². The van der Waals surface area contributed by atoms with E-state index in [4.69, 9.17) is 5.11 Å². The van der Waals surface area contributed by atoms with Gasteiger partial charge in [0.2, 0.25) is 0 Å². The Hall–Kier alpha value is -1.34. The monoisotopic (exact) mass is 112 g/mol. The van der Waals surface area contributed by atoms with E-state index in [1.165, 1.54) is 5.94 Å². The number of carbonyl (C=O) groups is 1. The Kier molecular flexibility index (Phi) is 3.19. The average molecular weight is 112 g/mol. The molecule has 0 amide bonds. The fourth-order valence-electron chi connectivity index (χ4n) is 0.170. The Labute approximate surface area is 45.9 Å². The van der Waals surface area contributed by atoms with Crippen molar-refractivity contribution in [3.05, 3.63) is 18.2 Å². The zero-order valence-corrected chi connectivity index (χ0v) is 4.00. The van der Waals surface area contributed by atoms with E-state index in [1.807, 2.05) is 0 Å². The van der Waals surface area contributed by atoms with Gasteiger partial charge in [0.15, 0.2) is 0 Å². The molecule has 0 spiro atoms. The van der Waals surface area contributed by atoms with Crippen LogP contribution in [-0.4, -0.2) is 17.0 Å². The lowest BCUT2D eigenvalue weighted by molar-refractivity contribution is -0.131. The number of carbonyl (C=O) groups excluding carboxylic acids is 1. The molecule has 0 saturated heterocycles. The standard InChI is InChI=1S/C5H4O3/c6-4-2-1-3-5(7)8/h1-3H,(H,7,8)/b3-1-. The largest absolute Gasteiger partial charge is 0.478 e. The topological polar surface area (TPSA) is 54.4 Å². The number of allylic oxidation sites excluding steroid dienone is 2. The number of rotatable bonds is 2. The van der Waals surface area contributed by atoms with Gasteiger partial charge < -0.3 is 5.11 Å². The van der Waals surface area contributed by atoms with Gasteiger partial charge in [0.1, 0.15) is 5.94 Å². The predicted octanol–water partition coefficient (Wildman–Crippen LogP) is 0.0150. The molecule has 0 aromatic heterocycles. The quantitative estimate of drug-likeness (QED) is 0.311. The highest BCUT2D eigenvalue weighted by Gasteiger charge is 1.78. The van der Waals surface area contributed by atoms with E-state index < -0.39 is 5.97 Å². The molecule has 1 N–H and O–H groups in total. The Balaban J connectivity index is 3.67. The lowest BCUT2D eigenvalue weighted by Crippen LogP contribution is -1.84. The Bertz CT molecular complexity index is 147. The number of hydrogen-bond acceptors (Lipinski definition) is 2. The maximum Gasteiger partial charge on any atom is 0.328 e. The molecule has 0 heterocycles. The predicted molar refractivity (Wildman–Crippen MR) is 27.0 cm³/mol. The molecule has 0 aliphatic heterocycles. The molecule has 8 heavy (non-hydrogen) atoms. The molecule has 0 bridgehead atoms. The summed E-state index contributed by atoms with van der Waals surface area (Å²) in [6.45, 7) is 0. The third kappa shape index (κ3) is 4.66. The number of carboxylic acids is 1. The minimum atomic E-state index is -1.07. The van der Waals surface area contributed by atoms with Gasteiger partial charge in [-0.25, -0.2) is 9.59 Å². The van der Waals surface area contributed by atoms with Crippen LogP contribution in [0.5, 0.6) is 0 Å². The van der Waals surface area contributed by atoms with Gasteiger partial charge in [0.05, 0.1) is 0 Å². The molecule has 0 radical (unpaired) electrons. The first-order valence-corrected chi connectivity index (χ1v) is 1.88. The van der Waals surface area contributed by atoms with Crippen molar-refractivity contribution in [2.45, 2.75) is 0 Å². The van der Waals surface area contributed by atoms with Gasteiger partial charge in [0, 0.05) is 12.2 Å². The first-order chi connectivity index (χ1) is 3.77. The summed E-state index contributed by atoms with van der Waals surface area (Å²) in [7, 11) is 0. The summed E-state index contributed by atoms with van der Waals surface area (Å²) in [5, 5.41) is 7.90. The summed E-state index contributed by atoms with van der Waals surface area (Å²) < 4.78 is 0. The number of carboxylic acid groups (broad SMARTS) is 1. The van der Waals surface area contributed by atoms with Crippen LogP contribution in [0.3, 0.4) is 0 Å². The van der Waals surface area contributed by atoms with Crippen molar-refractivity contribution in [2.24, 2.45) is 0 Å². The molecule has 0 saturated carbocycles. The van der Waals surface area contributed by atoms with Gasteiger partial charge in [-0.1, -0.05) is 0 Å². The highest BCUT2D eigenvalue weighted by molar-refractivity contribution is 5.80. The summed E-state index contributed by atoms with van der Waals surface area (Å²) in [6.07, 6.45) is 2.94. The maximum atomic E-state index is 9.64. The van der Waals surface area contributed by atoms with Crippen molar-refractivity contribution in [3.8, 4) is 0 Å². The molecule has 0 aromatic rings. The summed E-state index contributed by atoms with van der Waals surface area (Å²) >= 11 is 0. The summed E-state index contributed by atoms with van der Waals surface area (Å²) in [5.41, 5.74) is 0. The second-order valence-electron chi connectivity index (χ2n) is 0.982. The Morgan fingerprint density at radius 1 is 1.62 bits per heavy atom. The lowest BCUT2D eigenvalue weighted by Gasteiger charge is -1.69. The maximum absolute atomic E-state index is 9.64. The van der Waals surface area contributed by atoms with E-state index in [2.05, 4.69) is 0 Å². The molecule has 42 valence electrons. The number of hydrogen-bond donors (Lipinski definition) is 1. The van der Waals surface area contributed by atoms with Crippen LogP contribution >= 0.6 is 0 Å². The van der Waals surface area contributed by atoms with Crippen molar-refractivity contribution in [2.75, 3.05) is 0 Å². The van der Waals surface area contributed by atoms with Crippen molar-refractivity contribution < 1.29 is 14.7 Å². The van der Waals surface area contributed by atoms with Gasteiger partial charge in [-0.2, -0.15) is 0 Å². The van der Waals surface area contributed by atoms with E-state index in [1.54, 1.807) is 0 Å². The molecule has 0 aliphatic carbocycles. The molecule has 0 unspecified atom stereocenters. The fourth-order valence-corrected chi connectivity index (χ4v) is 0.170. The molecule has 0 aliphatic rings. The third-order valence-corrected chi connectivity index (χ3v) is 0.403. The van der Waals surface area contributed by atoms with E-state index in [-0.39, 0.29) is 0 Å². The smallest absolute Gasteiger partial charge is 0.328 e. The van der Waals surface area contributed by atoms with Crippen LogP contribution in [-0.2, 0) is 9.59 Å². The van der Waals surface area contributed by atoms with Crippen LogP contribution in [0, 0.1) is 0 Å². The van der Waals surface area contributed by atoms with Gasteiger partial charge in [-0.3, -0.25) is 0 Å². The SMILES string of the molecule is O=C=C/C=C\C(=O)O. The molecule has 0 atom stereocenters. The highest BCUT2D eigenvalue weighted by Crippen LogP contribution is 1.69. The van der Waals surface area contributed by atoms with Crippen LogP contribution in [0.2, 0.25) is 0 Å². The summed E-state index contributed by atoms with van der Waals surface area (Å²) in [5.74, 6) is 0.325. The molecular weight excluding hydrogens is 108 g/mol. The third-order valence-electron chi connectivity index (χ3n) is 0.403. The average Bonchev–Trinajstić information content (AvgIpc) is 1.66. The summed E-state index contributed by atoms with van der Waals surface area (Å²) in [6, 6.07) is 0. The Morgan fingerprint density at radius 2 is 2.25 bits per heavy atom. The molecular formula is C5H4O3. The summed E-state index contributed by atoms with van der Waals surface area (Å²) in [4.78, 5) is 19.0. The highest BCUT2D eigenvalue weighted by atomic mass is 16.4. The molecule has 3 heteroatoms. The minimum Gasteiger partial charge on any atom is -0.478 e. The van der Waals surface area contributed by atoms with E-state index in [0.717, 1.165) is 18.2 Å². The van der Waals surface area contributed by atoms with Gasteiger partial charge >= 0.3 is 5.97 Å². The molecule has 0 aromatic carbocycles. The second kappa shape index (κ2) is 3.84. The lowest BCUT2D eigenvalue weighted by atomic mass is 10.5. The first-order valence-electron chi connectivity index (χ1n) is 1.88. The first kappa shape index (κ1) is 6.66. The van der Waals surface area contributed by atoms with Crippen molar-refractivity contribution in [1.29, 1.82) is 0 Å². The van der Waals surface area contributed by atoms with Crippen molar-refractivity contribution in [3.63, 3.8) is 0 Å². The van der Waals surface area contributed by atoms with E-state index >= 15 is 0 Å². The van der Waals surface area contributed by atoms with Crippen LogP contribution < -0.4 is 0 Å². The minimum absolute atomic E-state index is 0.852. The van der Waals surface area contributed by atoms with Crippen LogP contribution in [0.25, 0.3) is 0 Å². The van der Waals surface area contributed by atoms with Crippen LogP contribution in [0.4, 0.5) is 0 Å². The van der Waals surface area contributed by atoms with E-state index in [9.17, 15) is 9.59 Å². The van der Waals surface area contributed by atoms with Crippen molar-refractivity contribution >= 4 is 11.9 Å². The van der Waals surface area contributed by atoms with Crippen molar-refractivity contribution in [1.82, 2.24) is 0 Å². The molecule has 0 fully saturated rings. The zero-order chi connectivity index (χ0) is 6.41. The second-order valence-corrected chi connectivity index (χ2v) is 0.982. The van der Waals surface area contributed by atoms with Gasteiger partial charge in [0.25, 0.3) is 0 Å².